The van der Waals surface area contributed by atoms with Gasteiger partial charge in [-0.25, -0.2) is 0 Å². The van der Waals surface area contributed by atoms with E-state index in [0.717, 1.165) is 18.9 Å². The standard InChI is InChI=1S/C21H34OSi2/c1-19(21(22)16-10-11-17-23(2,3)4)13-12-18-24(5,6)20-14-8-7-9-15-20/h7-9,12-15,19,21-22H,10,16,18H2,1-6H3/b13-12+. The second kappa shape index (κ2) is 9.41. The SMILES string of the molecule is CC(/C=C/C[Si](C)(C)c1ccccc1)C(O)CCC#C[Si](C)(C)C. The Balaban J connectivity index is 2.47. The Morgan fingerprint density at radius 3 is 2.29 bits per heavy atom. The van der Waals surface area contributed by atoms with Crippen LogP contribution in [-0.4, -0.2) is 27.4 Å². The number of aliphatic hydroxyl groups is 1. The summed E-state index contributed by atoms with van der Waals surface area (Å²) >= 11 is 0. The molecule has 2 atom stereocenters. The van der Waals surface area contributed by atoms with E-state index in [1.54, 1.807) is 0 Å². The van der Waals surface area contributed by atoms with Gasteiger partial charge in [0, 0.05) is 6.42 Å². The molecule has 0 fully saturated rings. The van der Waals surface area contributed by atoms with Crippen LogP contribution >= 0.6 is 0 Å². The van der Waals surface area contributed by atoms with Gasteiger partial charge >= 0.3 is 0 Å². The largest absolute Gasteiger partial charge is 0.392 e. The quantitative estimate of drug-likeness (QED) is 0.421. The second-order valence-electron chi connectivity index (χ2n) is 8.40. The molecule has 3 heteroatoms. The predicted molar refractivity (Wildman–Crippen MR) is 113 cm³/mol. The minimum Gasteiger partial charge on any atom is -0.392 e. The van der Waals surface area contributed by atoms with Crippen molar-refractivity contribution < 1.29 is 5.11 Å². The molecule has 1 aromatic rings. The lowest BCUT2D eigenvalue weighted by atomic mass is 10.0. The maximum atomic E-state index is 10.3. The Bertz CT molecular complexity index is 573. The van der Waals surface area contributed by atoms with E-state index in [0.29, 0.717) is 0 Å². The van der Waals surface area contributed by atoms with Crippen molar-refractivity contribution in [2.45, 2.75) is 64.6 Å². The number of hydrogen-bond donors (Lipinski definition) is 1. The number of rotatable bonds is 7. The molecular formula is C21H34OSi2. The second-order valence-corrected chi connectivity index (χ2v) is 17.9. The Morgan fingerprint density at radius 1 is 1.08 bits per heavy atom. The molecule has 0 aromatic heterocycles. The van der Waals surface area contributed by atoms with Crippen LogP contribution in [0, 0.1) is 17.4 Å². The molecule has 1 N–H and O–H groups in total. The molecule has 0 aliphatic rings. The van der Waals surface area contributed by atoms with Crippen LogP contribution in [0.1, 0.15) is 19.8 Å². The smallest absolute Gasteiger partial charge is 0.129 e. The predicted octanol–water partition coefficient (Wildman–Crippen LogP) is 4.82. The van der Waals surface area contributed by atoms with Crippen LogP contribution < -0.4 is 5.19 Å². The van der Waals surface area contributed by atoms with Crippen molar-refractivity contribution in [3.8, 4) is 11.5 Å². The highest BCUT2D eigenvalue weighted by Gasteiger charge is 2.21. The summed E-state index contributed by atoms with van der Waals surface area (Å²) < 4.78 is 0. The fourth-order valence-electron chi connectivity index (χ4n) is 2.52. The van der Waals surface area contributed by atoms with Gasteiger partial charge in [-0.1, -0.05) is 87.3 Å². The van der Waals surface area contributed by atoms with Crippen LogP contribution in [0.3, 0.4) is 0 Å². The fourth-order valence-corrected chi connectivity index (χ4v) is 5.23. The van der Waals surface area contributed by atoms with E-state index >= 15 is 0 Å². The average molecular weight is 359 g/mol. The van der Waals surface area contributed by atoms with Crippen molar-refractivity contribution in [2.24, 2.45) is 5.92 Å². The van der Waals surface area contributed by atoms with Gasteiger partial charge in [0.15, 0.2) is 0 Å². The number of allylic oxidation sites excluding steroid dienone is 1. The van der Waals surface area contributed by atoms with E-state index in [1.807, 2.05) is 0 Å². The molecule has 0 saturated heterocycles. The maximum Gasteiger partial charge on any atom is 0.129 e. The normalized spacial score (nSPS) is 15.0. The molecular weight excluding hydrogens is 324 g/mol. The maximum absolute atomic E-state index is 10.3. The van der Waals surface area contributed by atoms with Crippen LogP contribution in [0.25, 0.3) is 0 Å². The molecule has 0 saturated carbocycles. The van der Waals surface area contributed by atoms with Gasteiger partial charge in [0.1, 0.15) is 8.07 Å². The molecule has 132 valence electrons. The van der Waals surface area contributed by atoms with Gasteiger partial charge in [-0.15, -0.1) is 11.5 Å². The van der Waals surface area contributed by atoms with Crippen LogP contribution in [0.4, 0.5) is 0 Å². The van der Waals surface area contributed by atoms with Crippen molar-refractivity contribution in [2.75, 3.05) is 0 Å². The molecule has 24 heavy (non-hydrogen) atoms. The summed E-state index contributed by atoms with van der Waals surface area (Å²) in [5.74, 6) is 3.44. The summed E-state index contributed by atoms with van der Waals surface area (Å²) in [6.45, 7) is 13.7. The lowest BCUT2D eigenvalue weighted by molar-refractivity contribution is 0.130. The van der Waals surface area contributed by atoms with Crippen LogP contribution in [-0.2, 0) is 0 Å². The molecule has 0 heterocycles. The van der Waals surface area contributed by atoms with Gasteiger partial charge in [0.25, 0.3) is 0 Å². The number of aliphatic hydroxyl groups excluding tert-OH is 1. The third-order valence-electron chi connectivity index (χ3n) is 4.26. The average Bonchev–Trinajstić information content (AvgIpc) is 2.51. The fraction of sp³-hybridized carbons (Fsp3) is 0.524. The van der Waals surface area contributed by atoms with Gasteiger partial charge in [-0.3, -0.25) is 0 Å². The van der Waals surface area contributed by atoms with E-state index in [9.17, 15) is 5.11 Å². The topological polar surface area (TPSA) is 20.2 Å². The summed E-state index contributed by atoms with van der Waals surface area (Å²) in [4.78, 5) is 0. The molecule has 0 radical (unpaired) electrons. The van der Waals surface area contributed by atoms with Crippen LogP contribution in [0.5, 0.6) is 0 Å². The Kier molecular flexibility index (Phi) is 8.22. The monoisotopic (exact) mass is 358 g/mol. The van der Waals surface area contributed by atoms with Crippen LogP contribution in [0.2, 0.25) is 38.8 Å². The van der Waals surface area contributed by atoms with Crippen molar-refractivity contribution in [3.05, 3.63) is 42.5 Å². The van der Waals surface area contributed by atoms with Crippen molar-refractivity contribution in [3.63, 3.8) is 0 Å². The molecule has 0 bridgehead atoms. The van der Waals surface area contributed by atoms with Crippen molar-refractivity contribution in [1.29, 1.82) is 0 Å². The van der Waals surface area contributed by atoms with Gasteiger partial charge in [0.05, 0.1) is 14.2 Å². The highest BCUT2D eigenvalue weighted by molar-refractivity contribution is 6.90. The third kappa shape index (κ3) is 8.14. The summed E-state index contributed by atoms with van der Waals surface area (Å²) in [7, 11) is -2.70. The summed E-state index contributed by atoms with van der Waals surface area (Å²) in [6, 6.07) is 11.9. The third-order valence-corrected chi connectivity index (χ3v) is 8.34. The summed E-state index contributed by atoms with van der Waals surface area (Å²) in [6.07, 6.45) is 5.74. The lowest BCUT2D eigenvalue weighted by Crippen LogP contribution is -2.40. The first kappa shape index (κ1) is 21.0. The van der Waals surface area contributed by atoms with Gasteiger partial charge in [-0.05, 0) is 18.4 Å². The Morgan fingerprint density at radius 2 is 1.71 bits per heavy atom. The highest BCUT2D eigenvalue weighted by Crippen LogP contribution is 2.15. The van der Waals surface area contributed by atoms with Gasteiger partial charge in [-0.2, -0.15) is 0 Å². The minimum atomic E-state index is -1.42. The molecule has 0 spiro atoms. The summed E-state index contributed by atoms with van der Waals surface area (Å²) in [5.41, 5.74) is 3.36. The van der Waals surface area contributed by atoms with E-state index < -0.39 is 16.1 Å². The lowest BCUT2D eigenvalue weighted by Gasteiger charge is -2.21. The Hall–Kier alpha value is -1.09. The first-order valence-electron chi connectivity index (χ1n) is 9.02. The van der Waals surface area contributed by atoms with Crippen LogP contribution in [0.15, 0.2) is 42.5 Å². The molecule has 2 unspecified atom stereocenters. The van der Waals surface area contributed by atoms with Gasteiger partial charge in [0.2, 0.25) is 0 Å². The first-order valence-corrected chi connectivity index (χ1v) is 15.7. The first-order chi connectivity index (χ1) is 11.1. The van der Waals surface area contributed by atoms with E-state index in [4.69, 9.17) is 0 Å². The minimum absolute atomic E-state index is 0.194. The highest BCUT2D eigenvalue weighted by atomic mass is 28.3. The van der Waals surface area contributed by atoms with E-state index in [1.165, 1.54) is 5.19 Å². The van der Waals surface area contributed by atoms with Gasteiger partial charge < -0.3 is 5.11 Å². The number of hydrogen-bond acceptors (Lipinski definition) is 1. The molecule has 0 aliphatic carbocycles. The zero-order chi connectivity index (χ0) is 18.2. The van der Waals surface area contributed by atoms with Crippen molar-refractivity contribution >= 4 is 21.3 Å². The molecule has 1 aromatic carbocycles. The number of benzene rings is 1. The van der Waals surface area contributed by atoms with E-state index in [-0.39, 0.29) is 12.0 Å². The summed E-state index contributed by atoms with van der Waals surface area (Å²) in [5, 5.41) is 11.8. The zero-order valence-electron chi connectivity index (χ0n) is 16.3. The zero-order valence-corrected chi connectivity index (χ0v) is 18.3. The van der Waals surface area contributed by atoms with E-state index in [2.05, 4.69) is 93.6 Å². The van der Waals surface area contributed by atoms with Crippen molar-refractivity contribution in [1.82, 2.24) is 0 Å². The molecule has 0 amide bonds. The molecule has 1 nitrogen and oxygen atoms in total. The Labute approximate surface area is 151 Å². The molecule has 1 rings (SSSR count). The molecule has 0 aliphatic heterocycles.